The fourth-order valence-corrected chi connectivity index (χ4v) is 2.95. The number of pyridine rings is 1. The Morgan fingerprint density at radius 3 is 2.54 bits per heavy atom. The average molecular weight is 418 g/mol. The molecule has 6 nitrogen and oxygen atoms in total. The van der Waals surface area contributed by atoms with Crippen molar-refractivity contribution in [3.8, 4) is 5.75 Å². The first-order valence-electron chi connectivity index (χ1n) is 7.56. The van der Waals surface area contributed by atoms with E-state index in [9.17, 15) is 26.7 Å². The van der Waals surface area contributed by atoms with Crippen molar-refractivity contribution in [3.63, 3.8) is 0 Å². The number of carbonyl (C=O) groups excluding carboxylic acids is 1. The fourth-order valence-electron chi connectivity index (χ4n) is 2.27. The van der Waals surface area contributed by atoms with Crippen molar-refractivity contribution in [2.45, 2.75) is 11.3 Å². The molecule has 0 bridgehead atoms. The summed E-state index contributed by atoms with van der Waals surface area (Å²) in [6.45, 7) is 0. The predicted molar refractivity (Wildman–Crippen MR) is 91.2 cm³/mol. The summed E-state index contributed by atoms with van der Waals surface area (Å²) in [5, 5.41) is 2.50. The SMILES string of the molecule is COc1c(F)cc(NC(=O)CSc2nc3cc(C(F)(F)F)ncc3[nH]2)cc1F. The number of aromatic nitrogens is 3. The molecule has 0 fully saturated rings. The molecular weight excluding hydrogens is 407 g/mol. The summed E-state index contributed by atoms with van der Waals surface area (Å²) in [7, 11) is 1.11. The maximum atomic E-state index is 13.6. The highest BCUT2D eigenvalue weighted by Crippen LogP contribution is 2.30. The van der Waals surface area contributed by atoms with E-state index in [0.29, 0.717) is 0 Å². The minimum atomic E-state index is -4.59. The van der Waals surface area contributed by atoms with Gasteiger partial charge < -0.3 is 15.0 Å². The summed E-state index contributed by atoms with van der Waals surface area (Å²) in [6, 6.07) is 2.59. The Balaban J connectivity index is 1.66. The zero-order valence-electron chi connectivity index (χ0n) is 14.0. The first-order chi connectivity index (χ1) is 13.2. The number of anilines is 1. The number of aromatic amines is 1. The Bertz CT molecular complexity index is 1010. The minimum Gasteiger partial charge on any atom is -0.491 e. The third-order valence-electron chi connectivity index (χ3n) is 3.46. The smallest absolute Gasteiger partial charge is 0.433 e. The normalized spacial score (nSPS) is 11.6. The molecular formula is C16H11F5N4O2S. The summed E-state index contributed by atoms with van der Waals surface area (Å²) < 4.78 is 69.8. The van der Waals surface area contributed by atoms with Gasteiger partial charge in [-0.15, -0.1) is 0 Å². The van der Waals surface area contributed by atoms with E-state index in [1.807, 2.05) is 0 Å². The standard InChI is InChI=1S/C16H11F5N4O2S/c1-27-14-8(17)2-7(3-9(14)18)23-13(26)6-28-15-24-10-4-12(16(19,20)21)22-5-11(10)25-15/h2-5H,6H2,1H3,(H,23,26)(H,24,25). The molecule has 2 N–H and O–H groups in total. The van der Waals surface area contributed by atoms with E-state index < -0.39 is 35.2 Å². The van der Waals surface area contributed by atoms with Crippen LogP contribution in [-0.2, 0) is 11.0 Å². The number of benzene rings is 1. The topological polar surface area (TPSA) is 79.9 Å². The van der Waals surface area contributed by atoms with Gasteiger partial charge in [-0.3, -0.25) is 4.79 Å². The molecule has 2 heterocycles. The first-order valence-corrected chi connectivity index (χ1v) is 8.54. The Labute approximate surface area is 158 Å². The molecule has 148 valence electrons. The number of ether oxygens (including phenoxy) is 1. The lowest BCUT2D eigenvalue weighted by Crippen LogP contribution is -2.14. The van der Waals surface area contributed by atoms with Crippen LogP contribution in [0.25, 0.3) is 11.0 Å². The Morgan fingerprint density at radius 2 is 1.93 bits per heavy atom. The molecule has 0 saturated carbocycles. The number of H-pyrrole nitrogens is 1. The summed E-state index contributed by atoms with van der Waals surface area (Å²) >= 11 is 0.903. The Hall–Kier alpha value is -2.89. The van der Waals surface area contributed by atoms with Crippen molar-refractivity contribution >= 4 is 34.4 Å². The molecule has 1 aromatic carbocycles. The van der Waals surface area contributed by atoms with Gasteiger partial charge in [-0.05, 0) is 6.07 Å². The van der Waals surface area contributed by atoms with Crippen LogP contribution in [0.5, 0.6) is 5.75 Å². The predicted octanol–water partition coefficient (Wildman–Crippen LogP) is 3.99. The van der Waals surface area contributed by atoms with Gasteiger partial charge in [0, 0.05) is 17.8 Å². The maximum Gasteiger partial charge on any atom is 0.433 e. The number of hydrogen-bond donors (Lipinski definition) is 2. The Kier molecular flexibility index (Phi) is 5.40. The molecule has 0 aliphatic rings. The number of nitrogens with one attached hydrogen (secondary N) is 2. The minimum absolute atomic E-state index is 0.0459. The molecule has 0 radical (unpaired) electrons. The first kappa shape index (κ1) is 19.9. The molecule has 0 spiro atoms. The van der Waals surface area contributed by atoms with Gasteiger partial charge in [0.2, 0.25) is 5.91 Å². The number of thioether (sulfide) groups is 1. The van der Waals surface area contributed by atoms with Gasteiger partial charge in [-0.25, -0.2) is 18.7 Å². The van der Waals surface area contributed by atoms with Crippen LogP contribution in [0, 0.1) is 11.6 Å². The molecule has 3 aromatic rings. The second kappa shape index (κ2) is 7.62. The van der Waals surface area contributed by atoms with E-state index in [1.54, 1.807) is 0 Å². The van der Waals surface area contributed by atoms with Crippen LogP contribution in [-0.4, -0.2) is 33.7 Å². The number of hydrogen-bond acceptors (Lipinski definition) is 5. The van der Waals surface area contributed by atoms with Gasteiger partial charge in [0.05, 0.1) is 30.1 Å². The highest BCUT2D eigenvalue weighted by atomic mass is 32.2. The number of nitrogens with zero attached hydrogens (tertiary/aromatic N) is 2. The number of halogens is 5. The van der Waals surface area contributed by atoms with Crippen LogP contribution in [0.15, 0.2) is 29.6 Å². The number of alkyl halides is 3. The molecule has 0 atom stereocenters. The summed E-state index contributed by atoms with van der Waals surface area (Å²) in [5.74, 6) is -3.31. The molecule has 0 saturated heterocycles. The number of carbonyl (C=O) groups is 1. The summed E-state index contributed by atoms with van der Waals surface area (Å²) in [4.78, 5) is 22.0. The molecule has 12 heteroatoms. The number of fused-ring (bicyclic) bond motifs is 1. The second-order valence-electron chi connectivity index (χ2n) is 5.44. The summed E-state index contributed by atoms with van der Waals surface area (Å²) in [6.07, 6.45) is -3.60. The molecule has 1 amide bonds. The quantitative estimate of drug-likeness (QED) is 0.484. The van der Waals surface area contributed by atoms with E-state index >= 15 is 0 Å². The van der Waals surface area contributed by atoms with Crippen molar-refractivity contribution in [3.05, 3.63) is 41.7 Å². The van der Waals surface area contributed by atoms with E-state index in [-0.39, 0.29) is 27.6 Å². The lowest BCUT2D eigenvalue weighted by atomic mass is 10.2. The van der Waals surface area contributed by atoms with Crippen molar-refractivity contribution in [2.24, 2.45) is 0 Å². The van der Waals surface area contributed by atoms with Crippen molar-refractivity contribution in [2.75, 3.05) is 18.2 Å². The van der Waals surface area contributed by atoms with Crippen LogP contribution in [0.1, 0.15) is 5.69 Å². The highest BCUT2D eigenvalue weighted by molar-refractivity contribution is 7.99. The van der Waals surface area contributed by atoms with Gasteiger partial charge >= 0.3 is 6.18 Å². The van der Waals surface area contributed by atoms with Crippen molar-refractivity contribution in [1.29, 1.82) is 0 Å². The molecule has 0 aliphatic heterocycles. The second-order valence-corrected chi connectivity index (χ2v) is 6.40. The van der Waals surface area contributed by atoms with E-state index in [2.05, 4.69) is 25.0 Å². The van der Waals surface area contributed by atoms with Gasteiger partial charge in [-0.1, -0.05) is 11.8 Å². The monoisotopic (exact) mass is 418 g/mol. The zero-order valence-corrected chi connectivity index (χ0v) is 14.8. The molecule has 3 rings (SSSR count). The summed E-state index contributed by atoms with van der Waals surface area (Å²) in [5.41, 5.74) is -0.867. The number of amides is 1. The lowest BCUT2D eigenvalue weighted by Gasteiger charge is -2.08. The molecule has 0 aliphatic carbocycles. The highest BCUT2D eigenvalue weighted by Gasteiger charge is 2.32. The van der Waals surface area contributed by atoms with E-state index in [4.69, 9.17) is 0 Å². The van der Waals surface area contributed by atoms with Gasteiger partial charge in [0.25, 0.3) is 0 Å². The Morgan fingerprint density at radius 1 is 1.25 bits per heavy atom. The lowest BCUT2D eigenvalue weighted by molar-refractivity contribution is -0.141. The number of imidazole rings is 1. The van der Waals surface area contributed by atoms with Crippen LogP contribution in [0.4, 0.5) is 27.6 Å². The van der Waals surface area contributed by atoms with Crippen LogP contribution < -0.4 is 10.1 Å². The van der Waals surface area contributed by atoms with Gasteiger partial charge in [-0.2, -0.15) is 13.2 Å². The maximum absolute atomic E-state index is 13.6. The average Bonchev–Trinajstić information content (AvgIpc) is 3.01. The van der Waals surface area contributed by atoms with Crippen molar-refractivity contribution < 1.29 is 31.5 Å². The molecule has 28 heavy (non-hydrogen) atoms. The van der Waals surface area contributed by atoms with Crippen LogP contribution in [0.2, 0.25) is 0 Å². The van der Waals surface area contributed by atoms with Gasteiger partial charge in [0.1, 0.15) is 5.69 Å². The van der Waals surface area contributed by atoms with Crippen molar-refractivity contribution in [1.82, 2.24) is 15.0 Å². The van der Waals surface area contributed by atoms with E-state index in [0.717, 1.165) is 43.3 Å². The fraction of sp³-hybridized carbons (Fsp3) is 0.188. The third kappa shape index (κ3) is 4.32. The van der Waals surface area contributed by atoms with Gasteiger partial charge in [0.15, 0.2) is 22.5 Å². The largest absolute Gasteiger partial charge is 0.491 e. The van der Waals surface area contributed by atoms with E-state index in [1.165, 1.54) is 0 Å². The zero-order chi connectivity index (χ0) is 20.5. The van der Waals surface area contributed by atoms with Crippen LogP contribution in [0.3, 0.4) is 0 Å². The van der Waals surface area contributed by atoms with Crippen LogP contribution >= 0.6 is 11.8 Å². The molecule has 2 aromatic heterocycles. The third-order valence-corrected chi connectivity index (χ3v) is 4.34. The number of rotatable bonds is 5. The number of methoxy groups -OCH3 is 1. The molecule has 0 unspecified atom stereocenters.